The molecule has 1 unspecified atom stereocenters. The van der Waals surface area contributed by atoms with Crippen molar-refractivity contribution in [3.8, 4) is 6.07 Å². The topological polar surface area (TPSA) is 70.1 Å². The average molecular weight is 623 g/mol. The van der Waals surface area contributed by atoms with Gasteiger partial charge in [0.2, 0.25) is 0 Å². The Hall–Kier alpha value is -2.88. The van der Waals surface area contributed by atoms with Gasteiger partial charge in [0.25, 0.3) is 0 Å². The van der Waals surface area contributed by atoms with E-state index in [1.807, 2.05) is 30.0 Å². The number of ketones is 1. The van der Waals surface area contributed by atoms with Crippen molar-refractivity contribution < 1.29 is 4.79 Å². The average Bonchev–Trinajstić information content (AvgIpc) is 2.89. The quantitative estimate of drug-likeness (QED) is 0.287. The number of aryl methyl sites for hydroxylation is 2. The van der Waals surface area contributed by atoms with E-state index in [1.54, 1.807) is 36.0 Å². The van der Waals surface area contributed by atoms with Crippen molar-refractivity contribution in [3.05, 3.63) is 115 Å². The summed E-state index contributed by atoms with van der Waals surface area (Å²) in [7, 11) is 0. The zero-order chi connectivity index (χ0) is 29.6. The van der Waals surface area contributed by atoms with E-state index < -0.39 is 5.92 Å². The van der Waals surface area contributed by atoms with Crippen molar-refractivity contribution >= 4 is 58.0 Å². The van der Waals surface area contributed by atoms with Crippen LogP contribution in [0.4, 0.5) is 5.69 Å². The summed E-state index contributed by atoms with van der Waals surface area (Å²) in [6, 6.07) is 19.4. The van der Waals surface area contributed by atoms with E-state index in [-0.39, 0.29) is 11.2 Å². The van der Waals surface area contributed by atoms with Gasteiger partial charge in [0.15, 0.2) is 5.78 Å². The van der Waals surface area contributed by atoms with Crippen LogP contribution in [0.15, 0.2) is 82.2 Å². The van der Waals surface area contributed by atoms with Crippen molar-refractivity contribution in [1.29, 1.82) is 5.26 Å². The fraction of sp³-hybridized carbons (Fsp3) is 0.273. The van der Waals surface area contributed by atoms with Crippen molar-refractivity contribution in [1.82, 2.24) is 0 Å². The molecule has 4 nitrogen and oxygen atoms in total. The molecule has 0 aromatic heterocycles. The van der Waals surface area contributed by atoms with Gasteiger partial charge in [0, 0.05) is 44.1 Å². The molecule has 3 aromatic rings. The molecule has 0 saturated carbocycles. The third kappa shape index (κ3) is 5.76. The Morgan fingerprint density at radius 2 is 1.68 bits per heavy atom. The highest BCUT2D eigenvalue weighted by Gasteiger charge is 2.45. The molecule has 2 N–H and O–H groups in total. The Labute approximate surface area is 260 Å². The molecule has 210 valence electrons. The molecule has 0 radical (unpaired) electrons. The minimum Gasteiger partial charge on any atom is -0.384 e. The molecule has 2 aliphatic rings. The standard InChI is InChI=1S/C33H30Cl3N3OS/c1-18-11-19(2)24(12-20(18)17-41-29-13-22(35)7-10-26(29)36)30-25(16-37)32(38)39(23-8-5-21(34)6-9-23)27-14-33(3,4)15-28(40)31(27)30/h5-13,30H,14-15,17,38H2,1-4H3. The number of rotatable bonds is 5. The number of carbonyl (C=O) groups excluding carboxylic acids is 1. The van der Waals surface area contributed by atoms with Gasteiger partial charge < -0.3 is 5.73 Å². The maximum Gasteiger partial charge on any atom is 0.162 e. The summed E-state index contributed by atoms with van der Waals surface area (Å²) in [5.74, 6) is 0.477. The Kier molecular flexibility index (Phi) is 8.25. The summed E-state index contributed by atoms with van der Waals surface area (Å²) in [5.41, 5.74) is 13.3. The number of hydrogen-bond donors (Lipinski definition) is 1. The lowest BCUT2D eigenvalue weighted by Gasteiger charge is -2.44. The second kappa shape index (κ2) is 11.4. The highest BCUT2D eigenvalue weighted by atomic mass is 35.5. The molecule has 3 aromatic carbocycles. The van der Waals surface area contributed by atoms with Crippen LogP contribution < -0.4 is 10.6 Å². The predicted molar refractivity (Wildman–Crippen MR) is 170 cm³/mol. The van der Waals surface area contributed by atoms with Gasteiger partial charge in [-0.1, -0.05) is 60.8 Å². The van der Waals surface area contributed by atoms with Crippen molar-refractivity contribution in [2.75, 3.05) is 4.90 Å². The van der Waals surface area contributed by atoms with Gasteiger partial charge in [-0.25, -0.2) is 0 Å². The first-order chi connectivity index (χ1) is 19.4. The summed E-state index contributed by atoms with van der Waals surface area (Å²) < 4.78 is 0. The molecular formula is C33H30Cl3N3OS. The number of allylic oxidation sites excluding steroid dienone is 3. The van der Waals surface area contributed by atoms with Gasteiger partial charge >= 0.3 is 0 Å². The van der Waals surface area contributed by atoms with E-state index in [2.05, 4.69) is 39.0 Å². The second-order valence-electron chi connectivity index (χ2n) is 11.5. The Balaban J connectivity index is 1.66. The molecule has 5 rings (SSSR count). The number of carbonyl (C=O) groups is 1. The minimum atomic E-state index is -0.554. The van der Waals surface area contributed by atoms with E-state index in [9.17, 15) is 10.1 Å². The van der Waals surface area contributed by atoms with Gasteiger partial charge in [-0.2, -0.15) is 5.26 Å². The van der Waals surface area contributed by atoms with Crippen LogP contribution in [0.2, 0.25) is 15.1 Å². The predicted octanol–water partition coefficient (Wildman–Crippen LogP) is 9.50. The molecule has 0 amide bonds. The van der Waals surface area contributed by atoms with Crippen LogP contribution in [0.25, 0.3) is 0 Å². The molecule has 0 saturated heterocycles. The van der Waals surface area contributed by atoms with Gasteiger partial charge in [-0.05, 0) is 90.4 Å². The number of nitriles is 1. The monoisotopic (exact) mass is 621 g/mol. The fourth-order valence-electron chi connectivity index (χ4n) is 5.83. The van der Waals surface area contributed by atoms with E-state index in [0.29, 0.717) is 50.6 Å². The molecule has 0 spiro atoms. The number of nitrogens with two attached hydrogens (primary N) is 1. The normalized spacial score (nSPS) is 18.4. The van der Waals surface area contributed by atoms with Crippen LogP contribution in [0.1, 0.15) is 54.9 Å². The Morgan fingerprint density at radius 3 is 2.37 bits per heavy atom. The maximum atomic E-state index is 14.0. The molecule has 8 heteroatoms. The molecule has 1 aliphatic heterocycles. The molecule has 0 bridgehead atoms. The number of halogens is 3. The van der Waals surface area contributed by atoms with Crippen LogP contribution in [0.5, 0.6) is 0 Å². The van der Waals surface area contributed by atoms with Crippen LogP contribution in [0.3, 0.4) is 0 Å². The summed E-state index contributed by atoms with van der Waals surface area (Å²) >= 11 is 20.4. The van der Waals surface area contributed by atoms with Crippen LogP contribution in [-0.2, 0) is 10.5 Å². The van der Waals surface area contributed by atoms with E-state index in [4.69, 9.17) is 40.5 Å². The fourth-order valence-corrected chi connectivity index (χ4v) is 7.51. The van der Waals surface area contributed by atoms with Gasteiger partial charge in [0.1, 0.15) is 5.82 Å². The number of nitrogens with zero attached hydrogens (tertiary/aromatic N) is 2. The molecule has 0 fully saturated rings. The zero-order valence-corrected chi connectivity index (χ0v) is 26.4. The molecule has 1 atom stereocenters. The lowest BCUT2D eigenvalue weighted by molar-refractivity contribution is -0.118. The highest BCUT2D eigenvalue weighted by Crippen LogP contribution is 2.51. The zero-order valence-electron chi connectivity index (χ0n) is 23.3. The number of hydrogen-bond acceptors (Lipinski definition) is 5. The van der Waals surface area contributed by atoms with Crippen molar-refractivity contribution in [2.24, 2.45) is 11.1 Å². The number of Topliss-reactive ketones (excluding diaryl/α,β-unsaturated/α-hetero) is 1. The number of benzene rings is 3. The summed E-state index contributed by atoms with van der Waals surface area (Å²) in [6.45, 7) is 8.29. The molecule has 41 heavy (non-hydrogen) atoms. The first-order valence-electron chi connectivity index (χ1n) is 13.3. The first-order valence-corrected chi connectivity index (χ1v) is 15.4. The highest BCUT2D eigenvalue weighted by molar-refractivity contribution is 7.98. The SMILES string of the molecule is Cc1cc(C)c(C2C(C#N)=C(N)N(c3ccc(Cl)cc3)C3=C2C(=O)CC(C)(C)C3)cc1CSc1cc(Cl)ccc1Cl. The lowest BCUT2D eigenvalue weighted by atomic mass is 9.68. The third-order valence-electron chi connectivity index (χ3n) is 7.78. The smallest absolute Gasteiger partial charge is 0.162 e. The summed E-state index contributed by atoms with van der Waals surface area (Å²) in [6.07, 6.45) is 1.05. The first kappa shape index (κ1) is 29.6. The van der Waals surface area contributed by atoms with Crippen molar-refractivity contribution in [2.45, 2.75) is 57.1 Å². The van der Waals surface area contributed by atoms with Gasteiger partial charge in [-0.3, -0.25) is 9.69 Å². The summed E-state index contributed by atoms with van der Waals surface area (Å²) in [5, 5.41) is 12.4. The maximum absolute atomic E-state index is 14.0. The van der Waals surface area contributed by atoms with Gasteiger partial charge in [-0.15, -0.1) is 11.8 Å². The Bertz CT molecular complexity index is 1670. The number of thioether (sulfide) groups is 1. The molecule has 1 heterocycles. The third-order valence-corrected chi connectivity index (χ3v) is 9.81. The van der Waals surface area contributed by atoms with Crippen LogP contribution in [0, 0.1) is 30.6 Å². The Morgan fingerprint density at radius 1 is 1.00 bits per heavy atom. The van der Waals surface area contributed by atoms with E-state index in [0.717, 1.165) is 38.5 Å². The second-order valence-corrected chi connectivity index (χ2v) is 13.8. The minimum absolute atomic E-state index is 0.0436. The lowest BCUT2D eigenvalue weighted by Crippen LogP contribution is -2.42. The van der Waals surface area contributed by atoms with Crippen LogP contribution in [-0.4, -0.2) is 5.78 Å². The van der Waals surface area contributed by atoms with Crippen LogP contribution >= 0.6 is 46.6 Å². The largest absolute Gasteiger partial charge is 0.384 e. The van der Waals surface area contributed by atoms with E-state index >= 15 is 0 Å². The number of anilines is 1. The van der Waals surface area contributed by atoms with Crippen molar-refractivity contribution in [3.63, 3.8) is 0 Å². The van der Waals surface area contributed by atoms with E-state index in [1.165, 1.54) is 0 Å². The molecular weight excluding hydrogens is 593 g/mol. The summed E-state index contributed by atoms with van der Waals surface area (Å²) in [4.78, 5) is 16.7. The molecule has 1 aliphatic carbocycles. The van der Waals surface area contributed by atoms with Gasteiger partial charge in [0.05, 0.1) is 22.6 Å².